The second kappa shape index (κ2) is 10.7. The molecule has 2 aromatic rings. The molecule has 28 heavy (non-hydrogen) atoms. The van der Waals surface area contributed by atoms with Crippen molar-refractivity contribution in [2.75, 3.05) is 19.0 Å². The van der Waals surface area contributed by atoms with Gasteiger partial charge in [-0.05, 0) is 39.5 Å². The number of aliphatic hydroxyl groups is 3. The van der Waals surface area contributed by atoms with E-state index in [0.717, 1.165) is 31.4 Å². The normalized spacial score (nSPS) is 19.7. The fourth-order valence-electron chi connectivity index (χ4n) is 2.79. The van der Waals surface area contributed by atoms with Crippen LogP contribution in [0.3, 0.4) is 0 Å². The van der Waals surface area contributed by atoms with Crippen LogP contribution in [0.15, 0.2) is 5.16 Å². The van der Waals surface area contributed by atoms with Gasteiger partial charge in [-0.2, -0.15) is 0 Å². The summed E-state index contributed by atoms with van der Waals surface area (Å²) < 4.78 is 7.47. The van der Waals surface area contributed by atoms with E-state index < -0.39 is 5.79 Å². The van der Waals surface area contributed by atoms with E-state index in [2.05, 4.69) is 27.2 Å². The lowest BCUT2D eigenvalue weighted by Crippen LogP contribution is -2.15. The molecule has 2 aromatic heterocycles. The summed E-state index contributed by atoms with van der Waals surface area (Å²) in [5.74, 6) is -0.552. The van der Waals surface area contributed by atoms with E-state index in [9.17, 15) is 0 Å². The fraction of sp³-hybridized carbons (Fsp3) is 0.765. The van der Waals surface area contributed by atoms with Crippen LogP contribution in [0.4, 0.5) is 0 Å². The highest BCUT2D eigenvalue weighted by Gasteiger charge is 2.29. The Balaban J connectivity index is 0.000000500. The van der Waals surface area contributed by atoms with Crippen LogP contribution in [0, 0.1) is 0 Å². The number of ether oxygens (including phenoxy) is 1. The molecule has 0 saturated heterocycles. The van der Waals surface area contributed by atoms with Gasteiger partial charge in [-0.3, -0.25) is 0 Å². The number of thioether (sulfide) groups is 1. The van der Waals surface area contributed by atoms with E-state index in [-0.39, 0.29) is 18.8 Å². The molecule has 11 heteroatoms. The summed E-state index contributed by atoms with van der Waals surface area (Å²) in [6, 6.07) is 0.193. The lowest BCUT2D eigenvalue weighted by molar-refractivity contribution is -0.127. The topological polar surface area (TPSA) is 126 Å². The van der Waals surface area contributed by atoms with Crippen molar-refractivity contribution in [3.63, 3.8) is 0 Å². The summed E-state index contributed by atoms with van der Waals surface area (Å²) in [6.07, 6.45) is 3.94. The standard InChI is InChI=1S/C14H20ClN5O2S.C3H8O2/c1-2-7-23-14-16-12(15)11-13(17-14)20(19-18-11)9-3-4-10(8-9)22-6-5-21;1-3(2,4)5/h9-10,21H,2-8H2,1H3;4-5H,1-2H3. The van der Waals surface area contributed by atoms with Crippen LogP contribution in [0.1, 0.15) is 52.5 Å². The zero-order valence-electron chi connectivity index (χ0n) is 16.4. The lowest BCUT2D eigenvalue weighted by atomic mass is 10.2. The number of hydrogen-bond donors (Lipinski definition) is 3. The maximum absolute atomic E-state index is 8.86. The zero-order valence-corrected chi connectivity index (χ0v) is 17.9. The number of fused-ring (bicyclic) bond motifs is 1. The van der Waals surface area contributed by atoms with Gasteiger partial charge >= 0.3 is 0 Å². The van der Waals surface area contributed by atoms with E-state index in [1.807, 2.05) is 4.68 Å². The van der Waals surface area contributed by atoms with Gasteiger partial charge in [-0.15, -0.1) is 5.10 Å². The third-order valence-electron chi connectivity index (χ3n) is 3.84. The highest BCUT2D eigenvalue weighted by molar-refractivity contribution is 7.99. The molecule has 9 nitrogen and oxygen atoms in total. The van der Waals surface area contributed by atoms with Crippen LogP contribution < -0.4 is 0 Å². The number of halogens is 1. The minimum Gasteiger partial charge on any atom is -0.394 e. The Kier molecular flexibility index (Phi) is 8.84. The molecule has 0 spiro atoms. The first-order valence-corrected chi connectivity index (χ1v) is 10.7. The third kappa shape index (κ3) is 7.09. The maximum Gasteiger partial charge on any atom is 0.191 e. The molecule has 1 aliphatic rings. The van der Waals surface area contributed by atoms with Crippen LogP contribution >= 0.6 is 23.4 Å². The molecular weight excluding hydrogens is 406 g/mol. The Morgan fingerprint density at radius 3 is 2.64 bits per heavy atom. The van der Waals surface area contributed by atoms with Gasteiger partial charge in [0.1, 0.15) is 0 Å². The molecule has 1 aliphatic carbocycles. The molecule has 2 unspecified atom stereocenters. The van der Waals surface area contributed by atoms with Gasteiger partial charge < -0.3 is 20.1 Å². The van der Waals surface area contributed by atoms with E-state index in [0.29, 0.717) is 28.1 Å². The summed E-state index contributed by atoms with van der Waals surface area (Å²) in [5, 5.41) is 34.4. The van der Waals surface area contributed by atoms with Gasteiger partial charge in [-0.25, -0.2) is 14.6 Å². The van der Waals surface area contributed by atoms with Crippen molar-refractivity contribution in [1.29, 1.82) is 0 Å². The van der Waals surface area contributed by atoms with Gasteiger partial charge in [-0.1, -0.05) is 35.5 Å². The monoisotopic (exact) mass is 433 g/mol. The molecule has 0 amide bonds. The van der Waals surface area contributed by atoms with Gasteiger partial charge in [0.2, 0.25) is 0 Å². The van der Waals surface area contributed by atoms with Gasteiger partial charge in [0.05, 0.1) is 25.4 Å². The Labute approximate surface area is 173 Å². The second-order valence-electron chi connectivity index (χ2n) is 7.03. The van der Waals surface area contributed by atoms with Crippen molar-refractivity contribution >= 4 is 34.5 Å². The molecule has 0 aliphatic heterocycles. The molecule has 0 radical (unpaired) electrons. The molecule has 3 rings (SSSR count). The van der Waals surface area contributed by atoms with E-state index >= 15 is 0 Å². The Morgan fingerprint density at radius 1 is 1.29 bits per heavy atom. The van der Waals surface area contributed by atoms with Crippen molar-refractivity contribution in [2.45, 2.75) is 69.5 Å². The summed E-state index contributed by atoms with van der Waals surface area (Å²) in [7, 11) is 0. The molecule has 1 saturated carbocycles. The summed E-state index contributed by atoms with van der Waals surface area (Å²) in [6.45, 7) is 5.14. The second-order valence-corrected chi connectivity index (χ2v) is 8.45. The molecule has 1 fully saturated rings. The van der Waals surface area contributed by atoms with Crippen molar-refractivity contribution < 1.29 is 20.1 Å². The minimum atomic E-state index is -1.50. The summed E-state index contributed by atoms with van der Waals surface area (Å²) in [5.41, 5.74) is 1.24. The Morgan fingerprint density at radius 2 is 2.00 bits per heavy atom. The van der Waals surface area contributed by atoms with Gasteiger partial charge in [0, 0.05) is 5.75 Å². The van der Waals surface area contributed by atoms with Crippen LogP contribution in [0.25, 0.3) is 11.2 Å². The average Bonchev–Trinajstić information content (AvgIpc) is 3.23. The van der Waals surface area contributed by atoms with Gasteiger partial charge in [0.25, 0.3) is 0 Å². The molecule has 2 heterocycles. The summed E-state index contributed by atoms with van der Waals surface area (Å²) >= 11 is 7.81. The Bertz CT molecular complexity index is 749. The molecule has 2 atom stereocenters. The Hall–Kier alpha value is -1.04. The highest BCUT2D eigenvalue weighted by atomic mass is 35.5. The van der Waals surface area contributed by atoms with Crippen molar-refractivity contribution in [3.05, 3.63) is 5.15 Å². The van der Waals surface area contributed by atoms with E-state index in [1.54, 1.807) is 11.8 Å². The third-order valence-corrected chi connectivity index (χ3v) is 5.16. The molecule has 3 N–H and O–H groups in total. The number of hydrogen-bond acceptors (Lipinski definition) is 9. The molecule has 158 valence electrons. The van der Waals surface area contributed by atoms with Crippen LogP contribution in [-0.4, -0.2) is 71.1 Å². The van der Waals surface area contributed by atoms with Crippen LogP contribution in [0.5, 0.6) is 0 Å². The fourth-order valence-corrected chi connectivity index (χ4v) is 3.74. The minimum absolute atomic E-state index is 0.0499. The zero-order chi connectivity index (χ0) is 20.7. The predicted molar refractivity (Wildman–Crippen MR) is 107 cm³/mol. The number of nitrogens with zero attached hydrogens (tertiary/aromatic N) is 5. The first-order valence-electron chi connectivity index (χ1n) is 9.31. The van der Waals surface area contributed by atoms with Crippen molar-refractivity contribution in [2.24, 2.45) is 0 Å². The maximum atomic E-state index is 8.86. The van der Waals surface area contributed by atoms with E-state index in [1.165, 1.54) is 13.8 Å². The first kappa shape index (κ1) is 23.2. The van der Waals surface area contributed by atoms with E-state index in [4.69, 9.17) is 31.7 Å². The largest absolute Gasteiger partial charge is 0.394 e. The lowest BCUT2D eigenvalue weighted by Gasteiger charge is -2.12. The van der Waals surface area contributed by atoms with Crippen LogP contribution in [0.2, 0.25) is 5.15 Å². The first-order chi connectivity index (χ1) is 13.2. The van der Waals surface area contributed by atoms with Crippen LogP contribution in [-0.2, 0) is 4.74 Å². The smallest absolute Gasteiger partial charge is 0.191 e. The molecule has 0 aromatic carbocycles. The van der Waals surface area contributed by atoms with Crippen molar-refractivity contribution in [3.8, 4) is 0 Å². The predicted octanol–water partition coefficient (Wildman–Crippen LogP) is 2.19. The average molecular weight is 434 g/mol. The number of rotatable bonds is 7. The van der Waals surface area contributed by atoms with Crippen molar-refractivity contribution in [1.82, 2.24) is 25.0 Å². The molecule has 0 bridgehead atoms. The highest BCUT2D eigenvalue weighted by Crippen LogP contribution is 2.34. The number of aromatic nitrogens is 5. The van der Waals surface area contributed by atoms with Gasteiger partial charge in [0.15, 0.2) is 27.3 Å². The number of aliphatic hydroxyl groups excluding tert-OH is 1. The summed E-state index contributed by atoms with van der Waals surface area (Å²) in [4.78, 5) is 8.87. The SMILES string of the molecule is CC(C)(O)O.CCCSc1nc(Cl)c2nnn(C3CCC(OCCO)C3)c2n1. The molecular formula is C17H28ClN5O4S. The quantitative estimate of drug-likeness (QED) is 0.260.